The standard InChI is InChI=1S/C19H22FN3O2/c20-14-3-5-16(6-4-14)25-19-13-21-12-17(22-19)18-2-1-9-23(18)15-7-10-24-11-8-15/h3-6,12-13,15,18H,1-2,7-11H2/t18-/m0/s1. The van der Waals surface area contributed by atoms with Crippen LogP contribution in [0, 0.1) is 5.82 Å². The highest BCUT2D eigenvalue weighted by atomic mass is 19.1. The van der Waals surface area contributed by atoms with Gasteiger partial charge in [0.1, 0.15) is 11.6 Å². The van der Waals surface area contributed by atoms with Gasteiger partial charge in [-0.15, -0.1) is 0 Å². The Labute approximate surface area is 146 Å². The van der Waals surface area contributed by atoms with Gasteiger partial charge in [0, 0.05) is 19.3 Å². The van der Waals surface area contributed by atoms with Crippen molar-refractivity contribution in [3.8, 4) is 11.6 Å². The predicted molar refractivity (Wildman–Crippen MR) is 91.0 cm³/mol. The molecule has 5 nitrogen and oxygen atoms in total. The number of ether oxygens (including phenoxy) is 2. The van der Waals surface area contributed by atoms with Crippen LogP contribution < -0.4 is 4.74 Å². The van der Waals surface area contributed by atoms with Crippen molar-refractivity contribution in [1.29, 1.82) is 0 Å². The minimum atomic E-state index is -0.287. The molecule has 0 aliphatic carbocycles. The summed E-state index contributed by atoms with van der Waals surface area (Å²) in [4.78, 5) is 11.5. The first-order valence-corrected chi connectivity index (χ1v) is 8.88. The maximum absolute atomic E-state index is 13.0. The molecule has 0 spiro atoms. The van der Waals surface area contributed by atoms with Gasteiger partial charge in [0.25, 0.3) is 0 Å². The summed E-state index contributed by atoms with van der Waals surface area (Å²) in [5.41, 5.74) is 0.948. The van der Waals surface area contributed by atoms with Crippen LogP contribution in [0.5, 0.6) is 11.6 Å². The van der Waals surface area contributed by atoms with Crippen molar-refractivity contribution in [3.05, 3.63) is 48.2 Å². The van der Waals surface area contributed by atoms with Gasteiger partial charge in [-0.1, -0.05) is 0 Å². The van der Waals surface area contributed by atoms with Crippen molar-refractivity contribution in [3.63, 3.8) is 0 Å². The molecular weight excluding hydrogens is 321 g/mol. The Morgan fingerprint density at radius 3 is 2.68 bits per heavy atom. The van der Waals surface area contributed by atoms with Gasteiger partial charge >= 0.3 is 0 Å². The van der Waals surface area contributed by atoms with Crippen molar-refractivity contribution in [2.45, 2.75) is 37.8 Å². The summed E-state index contributed by atoms with van der Waals surface area (Å²) < 4.78 is 24.2. The Morgan fingerprint density at radius 1 is 1.08 bits per heavy atom. The molecule has 0 amide bonds. The highest BCUT2D eigenvalue weighted by molar-refractivity contribution is 5.26. The van der Waals surface area contributed by atoms with E-state index in [2.05, 4.69) is 14.9 Å². The number of halogens is 1. The summed E-state index contributed by atoms with van der Waals surface area (Å²) >= 11 is 0. The Bertz CT molecular complexity index is 704. The molecule has 2 fully saturated rings. The predicted octanol–water partition coefficient (Wildman–Crippen LogP) is 3.72. The minimum Gasteiger partial charge on any atom is -0.437 e. The van der Waals surface area contributed by atoms with Gasteiger partial charge in [0.05, 0.1) is 24.1 Å². The van der Waals surface area contributed by atoms with Gasteiger partial charge in [0.2, 0.25) is 5.88 Å². The van der Waals surface area contributed by atoms with E-state index in [0.717, 1.165) is 44.7 Å². The second-order valence-corrected chi connectivity index (χ2v) is 6.58. The maximum Gasteiger partial charge on any atom is 0.238 e. The van der Waals surface area contributed by atoms with E-state index in [9.17, 15) is 4.39 Å². The molecule has 1 aromatic carbocycles. The molecule has 3 heterocycles. The second kappa shape index (κ2) is 7.45. The lowest BCUT2D eigenvalue weighted by atomic mass is 10.0. The summed E-state index contributed by atoms with van der Waals surface area (Å²) in [6.45, 7) is 2.78. The lowest BCUT2D eigenvalue weighted by Gasteiger charge is -2.35. The Hall–Kier alpha value is -2.05. The minimum absolute atomic E-state index is 0.285. The van der Waals surface area contributed by atoms with Gasteiger partial charge in [-0.3, -0.25) is 9.88 Å². The first-order valence-electron chi connectivity index (χ1n) is 8.88. The normalized spacial score (nSPS) is 22.2. The van der Waals surface area contributed by atoms with Crippen molar-refractivity contribution < 1.29 is 13.9 Å². The quantitative estimate of drug-likeness (QED) is 0.847. The number of nitrogens with zero attached hydrogens (tertiary/aromatic N) is 3. The van der Waals surface area contributed by atoms with Crippen LogP contribution in [0.25, 0.3) is 0 Å². The highest BCUT2D eigenvalue weighted by Gasteiger charge is 2.33. The topological polar surface area (TPSA) is 47.5 Å². The summed E-state index contributed by atoms with van der Waals surface area (Å²) in [5, 5.41) is 0. The first kappa shape index (κ1) is 16.4. The van der Waals surface area contributed by atoms with E-state index in [-0.39, 0.29) is 11.9 Å². The monoisotopic (exact) mass is 343 g/mol. The number of rotatable bonds is 4. The molecule has 2 aliphatic heterocycles. The molecule has 25 heavy (non-hydrogen) atoms. The molecule has 2 aliphatic rings. The van der Waals surface area contributed by atoms with E-state index < -0.39 is 0 Å². The van der Waals surface area contributed by atoms with E-state index in [0.29, 0.717) is 17.7 Å². The average molecular weight is 343 g/mol. The molecule has 0 saturated carbocycles. The van der Waals surface area contributed by atoms with Crippen molar-refractivity contribution in [2.24, 2.45) is 0 Å². The molecule has 0 radical (unpaired) electrons. The highest BCUT2D eigenvalue weighted by Crippen LogP contribution is 2.35. The fourth-order valence-corrected chi connectivity index (χ4v) is 3.76. The largest absolute Gasteiger partial charge is 0.437 e. The Balaban J connectivity index is 1.50. The van der Waals surface area contributed by atoms with E-state index in [1.807, 2.05) is 6.20 Å². The van der Waals surface area contributed by atoms with Crippen molar-refractivity contribution >= 4 is 0 Å². The molecule has 0 N–H and O–H groups in total. The number of hydrogen-bond acceptors (Lipinski definition) is 5. The zero-order chi connectivity index (χ0) is 17.1. The third-order valence-electron chi connectivity index (χ3n) is 4.96. The number of likely N-dealkylation sites (tertiary alicyclic amines) is 1. The van der Waals surface area contributed by atoms with Gasteiger partial charge in [0.15, 0.2) is 0 Å². The van der Waals surface area contributed by atoms with E-state index in [1.54, 1.807) is 18.3 Å². The number of hydrogen-bond donors (Lipinski definition) is 0. The smallest absolute Gasteiger partial charge is 0.238 e. The molecule has 0 bridgehead atoms. The van der Waals surface area contributed by atoms with E-state index in [1.165, 1.54) is 18.6 Å². The van der Waals surface area contributed by atoms with Gasteiger partial charge in [-0.2, -0.15) is 0 Å². The lowest BCUT2D eigenvalue weighted by Crippen LogP contribution is -2.39. The van der Waals surface area contributed by atoms with Gasteiger partial charge in [-0.05, 0) is 56.5 Å². The molecule has 4 rings (SSSR count). The zero-order valence-corrected chi connectivity index (χ0v) is 14.1. The first-order chi connectivity index (χ1) is 12.3. The summed E-state index contributed by atoms with van der Waals surface area (Å²) in [7, 11) is 0. The number of aromatic nitrogens is 2. The average Bonchev–Trinajstić information content (AvgIpc) is 3.15. The van der Waals surface area contributed by atoms with Crippen LogP contribution in [0.1, 0.15) is 37.4 Å². The molecule has 132 valence electrons. The molecule has 2 aromatic rings. The van der Waals surface area contributed by atoms with E-state index in [4.69, 9.17) is 9.47 Å². The van der Waals surface area contributed by atoms with Crippen molar-refractivity contribution in [1.82, 2.24) is 14.9 Å². The van der Waals surface area contributed by atoms with Crippen LogP contribution in [0.4, 0.5) is 4.39 Å². The fraction of sp³-hybridized carbons (Fsp3) is 0.474. The molecular formula is C19H22FN3O2. The van der Waals surface area contributed by atoms with Crippen molar-refractivity contribution in [2.75, 3.05) is 19.8 Å². The second-order valence-electron chi connectivity index (χ2n) is 6.58. The SMILES string of the molecule is Fc1ccc(Oc2cncc([C@@H]3CCCN3C3CCOCC3)n2)cc1. The van der Waals surface area contributed by atoms with Crippen LogP contribution in [0.15, 0.2) is 36.7 Å². The lowest BCUT2D eigenvalue weighted by molar-refractivity contribution is 0.0284. The van der Waals surface area contributed by atoms with E-state index >= 15 is 0 Å². The third kappa shape index (κ3) is 3.80. The Morgan fingerprint density at radius 2 is 1.88 bits per heavy atom. The molecule has 2 saturated heterocycles. The number of benzene rings is 1. The fourth-order valence-electron chi connectivity index (χ4n) is 3.76. The van der Waals surface area contributed by atoms with Gasteiger partial charge < -0.3 is 9.47 Å². The van der Waals surface area contributed by atoms with Gasteiger partial charge in [-0.25, -0.2) is 9.37 Å². The summed E-state index contributed by atoms with van der Waals surface area (Å²) in [6, 6.07) is 6.77. The summed E-state index contributed by atoms with van der Waals surface area (Å²) in [6.07, 6.45) is 7.85. The third-order valence-corrected chi connectivity index (χ3v) is 4.96. The van der Waals surface area contributed by atoms with Crippen LogP contribution >= 0.6 is 0 Å². The molecule has 0 unspecified atom stereocenters. The van der Waals surface area contributed by atoms with Crippen LogP contribution in [0.2, 0.25) is 0 Å². The molecule has 6 heteroatoms. The summed E-state index contributed by atoms with van der Waals surface area (Å²) in [5.74, 6) is 0.716. The van der Waals surface area contributed by atoms with Crippen LogP contribution in [-0.2, 0) is 4.74 Å². The zero-order valence-electron chi connectivity index (χ0n) is 14.1. The molecule has 1 atom stereocenters. The Kier molecular flexibility index (Phi) is 4.90. The molecule has 1 aromatic heterocycles. The van der Waals surface area contributed by atoms with Crippen LogP contribution in [0.3, 0.4) is 0 Å². The van der Waals surface area contributed by atoms with Crippen LogP contribution in [-0.4, -0.2) is 40.7 Å². The maximum atomic E-state index is 13.0.